The number of benzene rings is 1. The van der Waals surface area contributed by atoms with Gasteiger partial charge in [0.15, 0.2) is 0 Å². The Bertz CT molecular complexity index is 289. The predicted octanol–water partition coefficient (Wildman–Crippen LogP) is 0.365. The molecule has 6 N–H and O–H groups in total. The van der Waals surface area contributed by atoms with Crippen molar-refractivity contribution in [3.05, 3.63) is 23.3 Å². The number of hydrogen-bond acceptors (Lipinski definition) is 4. The molecule has 1 rings (SSSR count). The van der Waals surface area contributed by atoms with Crippen LogP contribution < -0.4 is 11.5 Å². The summed E-state index contributed by atoms with van der Waals surface area (Å²) < 4.78 is 0. The van der Waals surface area contributed by atoms with Crippen LogP contribution in [0.25, 0.3) is 0 Å². The third-order valence-electron chi connectivity index (χ3n) is 1.91. The summed E-state index contributed by atoms with van der Waals surface area (Å²) in [6.45, 7) is 1.96. The Balaban J connectivity index is 3.20. The van der Waals surface area contributed by atoms with E-state index in [1.807, 2.05) is 0 Å². The topological polar surface area (TPSA) is 92.5 Å². The Labute approximate surface area is 76.8 Å². The second-order valence-electron chi connectivity index (χ2n) is 3.06. The van der Waals surface area contributed by atoms with Crippen LogP contribution in [0.5, 0.6) is 11.5 Å². The van der Waals surface area contributed by atoms with Crippen molar-refractivity contribution in [2.24, 2.45) is 11.5 Å². The molecule has 0 aromatic heterocycles. The summed E-state index contributed by atoms with van der Waals surface area (Å²) in [4.78, 5) is 0. The molecule has 0 aliphatic rings. The highest BCUT2D eigenvalue weighted by molar-refractivity contribution is 5.48. The Morgan fingerprint density at radius 3 is 2.15 bits per heavy atom. The molecular weight excluding hydrogens is 168 g/mol. The van der Waals surface area contributed by atoms with E-state index in [4.69, 9.17) is 11.5 Å². The largest absolute Gasteiger partial charge is 0.507 e. The molecule has 0 heterocycles. The van der Waals surface area contributed by atoms with Crippen LogP contribution >= 0.6 is 0 Å². The maximum Gasteiger partial charge on any atom is 0.124 e. The van der Waals surface area contributed by atoms with Gasteiger partial charge >= 0.3 is 0 Å². The molecule has 72 valence electrons. The quantitative estimate of drug-likeness (QED) is 0.531. The van der Waals surface area contributed by atoms with Gasteiger partial charge in [0, 0.05) is 12.6 Å². The van der Waals surface area contributed by atoms with E-state index in [1.54, 1.807) is 19.1 Å². The van der Waals surface area contributed by atoms with Crippen molar-refractivity contribution in [2.45, 2.75) is 13.0 Å². The van der Waals surface area contributed by atoms with Crippen LogP contribution in [-0.2, 0) is 0 Å². The smallest absolute Gasteiger partial charge is 0.124 e. The number of nitrogens with two attached hydrogens (primary N) is 2. The van der Waals surface area contributed by atoms with Crippen molar-refractivity contribution in [2.75, 3.05) is 6.54 Å². The van der Waals surface area contributed by atoms with Crippen molar-refractivity contribution in [1.82, 2.24) is 0 Å². The van der Waals surface area contributed by atoms with Gasteiger partial charge in [-0.15, -0.1) is 0 Å². The monoisotopic (exact) mass is 182 g/mol. The minimum atomic E-state index is -0.527. The summed E-state index contributed by atoms with van der Waals surface area (Å²) in [6.07, 6.45) is 0. The molecular formula is C9H14N2O2. The number of aromatic hydroxyl groups is 2. The minimum Gasteiger partial charge on any atom is -0.507 e. The molecule has 0 bridgehead atoms. The van der Waals surface area contributed by atoms with Gasteiger partial charge in [0.25, 0.3) is 0 Å². The molecule has 1 aromatic rings. The average Bonchev–Trinajstić information content (AvgIpc) is 2.02. The van der Waals surface area contributed by atoms with Crippen LogP contribution in [-0.4, -0.2) is 16.8 Å². The average molecular weight is 182 g/mol. The van der Waals surface area contributed by atoms with Crippen LogP contribution in [0.1, 0.15) is 17.2 Å². The molecule has 1 aromatic carbocycles. The van der Waals surface area contributed by atoms with E-state index in [-0.39, 0.29) is 18.0 Å². The summed E-state index contributed by atoms with van der Waals surface area (Å²) in [7, 11) is 0. The highest BCUT2D eigenvalue weighted by atomic mass is 16.3. The molecule has 0 saturated heterocycles. The van der Waals surface area contributed by atoms with E-state index in [1.165, 1.54) is 0 Å². The van der Waals surface area contributed by atoms with Crippen LogP contribution in [0, 0.1) is 6.92 Å². The second kappa shape index (κ2) is 3.64. The maximum atomic E-state index is 9.48. The molecule has 0 unspecified atom stereocenters. The fourth-order valence-corrected chi connectivity index (χ4v) is 1.26. The third-order valence-corrected chi connectivity index (χ3v) is 1.91. The lowest BCUT2D eigenvalue weighted by Gasteiger charge is -2.13. The molecule has 0 saturated carbocycles. The van der Waals surface area contributed by atoms with E-state index < -0.39 is 6.04 Å². The first kappa shape index (κ1) is 9.83. The predicted molar refractivity (Wildman–Crippen MR) is 50.5 cm³/mol. The first-order valence-corrected chi connectivity index (χ1v) is 4.04. The zero-order valence-electron chi connectivity index (χ0n) is 7.49. The molecule has 0 aliphatic carbocycles. The van der Waals surface area contributed by atoms with E-state index in [9.17, 15) is 10.2 Å². The number of phenolic OH excluding ortho intramolecular Hbond substituents is 2. The summed E-state index contributed by atoms with van der Waals surface area (Å²) in [5, 5.41) is 19.0. The van der Waals surface area contributed by atoms with Crippen LogP contribution in [0.15, 0.2) is 12.1 Å². The summed E-state index contributed by atoms with van der Waals surface area (Å²) in [6, 6.07) is 2.57. The molecule has 0 spiro atoms. The number of hydrogen-bond donors (Lipinski definition) is 4. The fraction of sp³-hybridized carbons (Fsp3) is 0.333. The van der Waals surface area contributed by atoms with Crippen molar-refractivity contribution in [3.63, 3.8) is 0 Å². The molecule has 4 nitrogen and oxygen atoms in total. The van der Waals surface area contributed by atoms with E-state index in [0.29, 0.717) is 5.56 Å². The lowest BCUT2D eigenvalue weighted by Crippen LogP contribution is -2.20. The zero-order valence-corrected chi connectivity index (χ0v) is 7.49. The van der Waals surface area contributed by atoms with E-state index in [2.05, 4.69) is 0 Å². The summed E-state index contributed by atoms with van der Waals surface area (Å²) in [5.41, 5.74) is 12.0. The number of rotatable bonds is 2. The molecule has 4 heteroatoms. The Hall–Kier alpha value is -1.26. The molecule has 0 aliphatic heterocycles. The highest BCUT2D eigenvalue weighted by Crippen LogP contribution is 2.32. The highest BCUT2D eigenvalue weighted by Gasteiger charge is 2.14. The van der Waals surface area contributed by atoms with Gasteiger partial charge in [-0.2, -0.15) is 0 Å². The SMILES string of the molecule is Cc1cc(O)c([C@@H](N)CN)c(O)c1. The fourth-order valence-electron chi connectivity index (χ4n) is 1.26. The van der Waals surface area contributed by atoms with Gasteiger partial charge in [-0.25, -0.2) is 0 Å². The molecule has 0 amide bonds. The lowest BCUT2D eigenvalue weighted by atomic mass is 10.0. The third kappa shape index (κ3) is 1.91. The van der Waals surface area contributed by atoms with Crippen LogP contribution in [0.4, 0.5) is 0 Å². The first-order valence-electron chi connectivity index (χ1n) is 4.04. The first-order chi connectivity index (χ1) is 6.06. The van der Waals surface area contributed by atoms with E-state index >= 15 is 0 Å². The Morgan fingerprint density at radius 1 is 1.31 bits per heavy atom. The van der Waals surface area contributed by atoms with Crippen molar-refractivity contribution in [1.29, 1.82) is 0 Å². The molecule has 0 radical (unpaired) electrons. The van der Waals surface area contributed by atoms with E-state index in [0.717, 1.165) is 5.56 Å². The standard InChI is InChI=1S/C9H14N2O2/c1-5-2-7(12)9(6(11)4-10)8(13)3-5/h2-3,6,12-13H,4,10-11H2,1H3/t6-/m0/s1. The van der Waals surface area contributed by atoms with Gasteiger partial charge in [-0.05, 0) is 24.6 Å². The number of aryl methyl sites for hydroxylation is 1. The van der Waals surface area contributed by atoms with Gasteiger partial charge in [0.2, 0.25) is 0 Å². The second-order valence-corrected chi connectivity index (χ2v) is 3.06. The van der Waals surface area contributed by atoms with Gasteiger partial charge in [0.05, 0.1) is 5.56 Å². The van der Waals surface area contributed by atoms with Gasteiger partial charge in [-0.3, -0.25) is 0 Å². The van der Waals surface area contributed by atoms with Gasteiger partial charge < -0.3 is 21.7 Å². The Morgan fingerprint density at radius 2 is 1.77 bits per heavy atom. The van der Waals surface area contributed by atoms with Crippen LogP contribution in [0.3, 0.4) is 0 Å². The van der Waals surface area contributed by atoms with Crippen molar-refractivity contribution < 1.29 is 10.2 Å². The van der Waals surface area contributed by atoms with Gasteiger partial charge in [-0.1, -0.05) is 0 Å². The zero-order chi connectivity index (χ0) is 10.0. The lowest BCUT2D eigenvalue weighted by molar-refractivity contribution is 0.428. The summed E-state index contributed by atoms with van der Waals surface area (Å²) >= 11 is 0. The summed E-state index contributed by atoms with van der Waals surface area (Å²) in [5.74, 6) is -0.00843. The number of phenols is 2. The molecule has 0 fully saturated rings. The minimum absolute atomic E-state index is 0.00421. The van der Waals surface area contributed by atoms with Gasteiger partial charge in [0.1, 0.15) is 11.5 Å². The maximum absolute atomic E-state index is 9.48. The Kier molecular flexibility index (Phi) is 2.75. The van der Waals surface area contributed by atoms with Crippen molar-refractivity contribution >= 4 is 0 Å². The molecule has 13 heavy (non-hydrogen) atoms. The van der Waals surface area contributed by atoms with Crippen molar-refractivity contribution in [3.8, 4) is 11.5 Å². The van der Waals surface area contributed by atoms with Crippen LogP contribution in [0.2, 0.25) is 0 Å². The molecule has 1 atom stereocenters. The normalized spacial score (nSPS) is 12.8.